The summed E-state index contributed by atoms with van der Waals surface area (Å²) >= 11 is 11.6. The van der Waals surface area contributed by atoms with Crippen molar-refractivity contribution in [2.24, 2.45) is 0 Å². The van der Waals surface area contributed by atoms with Gasteiger partial charge in [-0.05, 0) is 29.8 Å². The van der Waals surface area contributed by atoms with Crippen molar-refractivity contribution in [2.75, 3.05) is 5.32 Å². The Morgan fingerprint density at radius 2 is 1.85 bits per heavy atom. The molecule has 0 fully saturated rings. The summed E-state index contributed by atoms with van der Waals surface area (Å²) in [7, 11) is 0. The minimum absolute atomic E-state index is 0.0150. The molecule has 0 spiro atoms. The number of pyridine rings is 1. The number of hydrogen-bond acceptors (Lipinski definition) is 5. The van der Waals surface area contributed by atoms with E-state index in [0.29, 0.717) is 0 Å². The Morgan fingerprint density at radius 3 is 2.56 bits per heavy atom. The first-order chi connectivity index (χ1) is 16.1. The van der Waals surface area contributed by atoms with Crippen molar-refractivity contribution in [2.45, 2.75) is 12.7 Å². The van der Waals surface area contributed by atoms with Crippen LogP contribution in [0.1, 0.15) is 21.6 Å². The molecule has 2 heterocycles. The number of benzene rings is 2. The summed E-state index contributed by atoms with van der Waals surface area (Å²) in [5, 5.41) is 11.5. The zero-order valence-corrected chi connectivity index (χ0v) is 18.4. The molecule has 34 heavy (non-hydrogen) atoms. The van der Waals surface area contributed by atoms with E-state index in [1.165, 1.54) is 36.4 Å². The molecule has 0 saturated heterocycles. The first-order valence-corrected chi connectivity index (χ1v) is 10.3. The van der Waals surface area contributed by atoms with Gasteiger partial charge in [0.05, 0.1) is 40.0 Å². The van der Waals surface area contributed by atoms with Gasteiger partial charge >= 0.3 is 6.18 Å². The summed E-state index contributed by atoms with van der Waals surface area (Å²) in [5.41, 5.74) is -1.59. The van der Waals surface area contributed by atoms with Crippen LogP contribution in [0.15, 0.2) is 59.7 Å². The van der Waals surface area contributed by atoms with Crippen molar-refractivity contribution < 1.29 is 23.1 Å². The van der Waals surface area contributed by atoms with E-state index < -0.39 is 29.0 Å². The van der Waals surface area contributed by atoms with Crippen molar-refractivity contribution in [3.63, 3.8) is 0 Å². The van der Waals surface area contributed by atoms with Crippen LogP contribution in [0.2, 0.25) is 10.2 Å². The molecule has 0 bridgehead atoms. The van der Waals surface area contributed by atoms with Crippen LogP contribution in [0.25, 0.3) is 10.9 Å². The summed E-state index contributed by atoms with van der Waals surface area (Å²) in [6, 6.07) is 10.5. The lowest BCUT2D eigenvalue weighted by atomic mass is 10.1. The van der Waals surface area contributed by atoms with E-state index in [-0.39, 0.29) is 44.6 Å². The van der Waals surface area contributed by atoms with Gasteiger partial charge in [-0.3, -0.25) is 14.2 Å². The van der Waals surface area contributed by atoms with Crippen LogP contribution in [0.4, 0.5) is 18.9 Å². The molecule has 2 aromatic carbocycles. The Morgan fingerprint density at radius 1 is 1.12 bits per heavy atom. The number of anilines is 1. The van der Waals surface area contributed by atoms with Gasteiger partial charge in [0.25, 0.3) is 11.5 Å². The summed E-state index contributed by atoms with van der Waals surface area (Å²) in [4.78, 5) is 33.8. The van der Waals surface area contributed by atoms with Gasteiger partial charge < -0.3 is 10.4 Å². The van der Waals surface area contributed by atoms with Gasteiger partial charge in [0.2, 0.25) is 0 Å². The molecule has 4 aromatic rings. The minimum atomic E-state index is -4.59. The van der Waals surface area contributed by atoms with Gasteiger partial charge in [0, 0.05) is 0 Å². The van der Waals surface area contributed by atoms with Crippen molar-refractivity contribution in [1.82, 2.24) is 14.5 Å². The predicted molar refractivity (Wildman–Crippen MR) is 120 cm³/mol. The van der Waals surface area contributed by atoms with Crippen LogP contribution in [-0.2, 0) is 12.7 Å². The van der Waals surface area contributed by atoms with Crippen molar-refractivity contribution in [1.29, 1.82) is 0 Å². The maximum atomic E-state index is 13.4. The molecule has 1 amide bonds. The lowest BCUT2D eigenvalue weighted by Crippen LogP contribution is -2.24. The van der Waals surface area contributed by atoms with Crippen LogP contribution in [0, 0.1) is 0 Å². The fourth-order valence-corrected chi connectivity index (χ4v) is 3.75. The van der Waals surface area contributed by atoms with Crippen LogP contribution < -0.4 is 10.9 Å². The van der Waals surface area contributed by atoms with E-state index in [1.807, 2.05) is 0 Å². The Kier molecular flexibility index (Phi) is 6.20. The fourth-order valence-electron chi connectivity index (χ4n) is 3.32. The number of nitrogens with zero attached hydrogens (tertiary/aromatic N) is 3. The van der Waals surface area contributed by atoms with E-state index in [0.717, 1.165) is 23.0 Å². The number of aromatic hydroxyl groups is 1. The number of hydrogen-bond donors (Lipinski definition) is 2. The third kappa shape index (κ3) is 4.55. The molecule has 0 aliphatic heterocycles. The monoisotopic (exact) mass is 508 g/mol. The van der Waals surface area contributed by atoms with Crippen LogP contribution in [-0.4, -0.2) is 25.5 Å². The second kappa shape index (κ2) is 8.96. The Balaban J connectivity index is 1.75. The smallest absolute Gasteiger partial charge is 0.416 e. The fraction of sp³-hybridized carbons (Fsp3) is 0.0909. The highest BCUT2D eigenvalue weighted by atomic mass is 35.5. The number of alkyl halides is 3. The molecule has 2 aromatic heterocycles. The van der Waals surface area contributed by atoms with E-state index in [4.69, 9.17) is 23.2 Å². The quantitative estimate of drug-likeness (QED) is 0.372. The van der Waals surface area contributed by atoms with E-state index >= 15 is 0 Å². The van der Waals surface area contributed by atoms with Crippen molar-refractivity contribution in [3.05, 3.63) is 92.2 Å². The normalized spacial score (nSPS) is 11.6. The summed E-state index contributed by atoms with van der Waals surface area (Å²) in [6.07, 6.45) is -3.45. The van der Waals surface area contributed by atoms with E-state index in [2.05, 4.69) is 15.3 Å². The topological polar surface area (TPSA) is 97.1 Å². The zero-order valence-electron chi connectivity index (χ0n) is 16.9. The van der Waals surface area contributed by atoms with Crippen molar-refractivity contribution in [3.8, 4) is 5.75 Å². The molecule has 0 aliphatic carbocycles. The number of rotatable bonds is 4. The van der Waals surface area contributed by atoms with Gasteiger partial charge in [-0.1, -0.05) is 47.5 Å². The Labute approximate surface area is 199 Å². The Bertz CT molecular complexity index is 1470. The minimum Gasteiger partial charge on any atom is -0.504 e. The third-order valence-corrected chi connectivity index (χ3v) is 5.45. The average Bonchev–Trinajstić information content (AvgIpc) is 2.78. The van der Waals surface area contributed by atoms with E-state index in [9.17, 15) is 27.9 Å². The number of carbonyl (C=O) groups is 1. The summed E-state index contributed by atoms with van der Waals surface area (Å²) in [5.74, 6) is -1.27. The lowest BCUT2D eigenvalue weighted by Gasteiger charge is -2.14. The number of aromatic nitrogens is 3. The van der Waals surface area contributed by atoms with Gasteiger partial charge in [0.1, 0.15) is 5.69 Å². The molecule has 12 heteroatoms. The first-order valence-electron chi connectivity index (χ1n) is 9.56. The van der Waals surface area contributed by atoms with Gasteiger partial charge in [-0.25, -0.2) is 9.97 Å². The molecule has 4 rings (SSSR count). The molecule has 7 nitrogen and oxygen atoms in total. The number of fused-ring (bicyclic) bond motifs is 1. The van der Waals surface area contributed by atoms with E-state index in [1.54, 1.807) is 0 Å². The number of amides is 1. The molecular weight excluding hydrogens is 496 g/mol. The molecule has 0 aliphatic rings. The van der Waals surface area contributed by atoms with Gasteiger partial charge in [-0.15, -0.1) is 0 Å². The SMILES string of the molecule is O=C(Nc1cccc2ncn(Cc3ccccc3C(F)(F)F)c(=O)c12)c1cc(Cl)c(O)c(Cl)n1. The van der Waals surface area contributed by atoms with Crippen LogP contribution >= 0.6 is 23.2 Å². The maximum absolute atomic E-state index is 13.4. The molecular formula is C22H13Cl2F3N4O3. The molecule has 0 saturated carbocycles. The number of nitrogens with one attached hydrogen (secondary N) is 1. The largest absolute Gasteiger partial charge is 0.504 e. The molecule has 174 valence electrons. The molecule has 0 unspecified atom stereocenters. The van der Waals surface area contributed by atoms with Crippen LogP contribution in [0.5, 0.6) is 5.75 Å². The summed E-state index contributed by atoms with van der Waals surface area (Å²) in [6.45, 7) is -0.384. The highest BCUT2D eigenvalue weighted by Crippen LogP contribution is 2.32. The first kappa shape index (κ1) is 23.5. The number of carbonyl (C=O) groups excluding carboxylic acids is 1. The summed E-state index contributed by atoms with van der Waals surface area (Å²) < 4.78 is 41.1. The standard InChI is InChI=1S/C22H13Cl2F3N4O3/c23-13-8-16(29-19(24)18(13)32)20(33)30-15-7-3-6-14-17(15)21(34)31(10-28-14)9-11-4-1-2-5-12(11)22(25,26)27/h1-8,10,32H,9H2,(H,30,33). The van der Waals surface area contributed by atoms with Gasteiger partial charge in [0.15, 0.2) is 10.9 Å². The molecule has 0 radical (unpaired) electrons. The third-order valence-electron chi connectivity index (χ3n) is 4.90. The lowest BCUT2D eigenvalue weighted by molar-refractivity contribution is -0.138. The van der Waals surface area contributed by atoms with Crippen LogP contribution in [0.3, 0.4) is 0 Å². The second-order valence-corrected chi connectivity index (χ2v) is 7.88. The average molecular weight is 509 g/mol. The molecule has 2 N–H and O–H groups in total. The number of halogens is 5. The molecule has 0 atom stereocenters. The maximum Gasteiger partial charge on any atom is 0.416 e. The van der Waals surface area contributed by atoms with Crippen molar-refractivity contribution >= 4 is 45.7 Å². The highest BCUT2D eigenvalue weighted by molar-refractivity contribution is 6.36. The second-order valence-electron chi connectivity index (χ2n) is 7.12. The Hall–Kier alpha value is -3.63. The van der Waals surface area contributed by atoms with Gasteiger partial charge in [-0.2, -0.15) is 13.2 Å². The predicted octanol–water partition coefficient (Wildman–Crippen LogP) is 5.12. The zero-order chi connectivity index (χ0) is 24.6. The highest BCUT2D eigenvalue weighted by Gasteiger charge is 2.33.